The van der Waals surface area contributed by atoms with Crippen LogP contribution >= 0.6 is 0 Å². The summed E-state index contributed by atoms with van der Waals surface area (Å²) in [6.45, 7) is 3.42. The van der Waals surface area contributed by atoms with Crippen LogP contribution < -0.4 is 11.1 Å². The number of carbonyl (C=O) groups is 2. The van der Waals surface area contributed by atoms with Gasteiger partial charge in [-0.2, -0.15) is 5.10 Å². The fraction of sp³-hybridized carbons (Fsp3) is 0.476. The minimum atomic E-state index is -0.478. The number of primary amides is 1. The molecule has 7 heteroatoms. The van der Waals surface area contributed by atoms with Crippen molar-refractivity contribution in [1.29, 1.82) is 0 Å². The summed E-state index contributed by atoms with van der Waals surface area (Å²) < 4.78 is 7.51. The summed E-state index contributed by atoms with van der Waals surface area (Å²) in [6.07, 6.45) is 5.17. The number of carbonyl (C=O) groups excluding carboxylic acids is 2. The van der Waals surface area contributed by atoms with Crippen LogP contribution in [-0.4, -0.2) is 40.7 Å². The zero-order valence-corrected chi connectivity index (χ0v) is 16.2. The first-order valence-corrected chi connectivity index (χ1v) is 10.0. The fourth-order valence-corrected chi connectivity index (χ4v) is 4.11. The first-order chi connectivity index (χ1) is 13.6. The van der Waals surface area contributed by atoms with E-state index in [9.17, 15) is 9.59 Å². The number of nitrogens with two attached hydrogens (primary N) is 1. The number of amides is 1. The standard InChI is InChI=1S/C21H26N4O3/c1-2-16-20-18(6-3-7-19(20)26)25(24-16)13-8-9-15(21(22)27)17(11-13)23-12-14-5-4-10-28-14/h8-9,11,14,23H,2-7,10,12H2,1H3,(H2,22,27). The molecule has 148 valence electrons. The van der Waals surface area contributed by atoms with Crippen LogP contribution in [0.4, 0.5) is 5.69 Å². The number of ketones is 1. The Bertz CT molecular complexity index is 913. The Balaban J connectivity index is 1.71. The Hall–Kier alpha value is -2.67. The van der Waals surface area contributed by atoms with Gasteiger partial charge in [-0.25, -0.2) is 4.68 Å². The van der Waals surface area contributed by atoms with Crippen molar-refractivity contribution in [2.24, 2.45) is 5.73 Å². The summed E-state index contributed by atoms with van der Waals surface area (Å²) in [5, 5.41) is 8.03. The predicted octanol–water partition coefficient (Wildman–Crippen LogP) is 2.64. The van der Waals surface area contributed by atoms with Gasteiger partial charge < -0.3 is 15.8 Å². The molecule has 2 heterocycles. The Labute approximate surface area is 164 Å². The lowest BCUT2D eigenvalue weighted by atomic mass is 9.93. The second-order valence-electron chi connectivity index (χ2n) is 7.42. The Morgan fingerprint density at radius 2 is 2.21 bits per heavy atom. The number of fused-ring (bicyclic) bond motifs is 1. The topological polar surface area (TPSA) is 99.2 Å². The molecule has 3 N–H and O–H groups in total. The van der Waals surface area contributed by atoms with Crippen molar-refractivity contribution >= 4 is 17.4 Å². The molecule has 0 radical (unpaired) electrons. The number of hydrogen-bond donors (Lipinski definition) is 2. The van der Waals surface area contributed by atoms with Crippen LogP contribution in [-0.2, 0) is 17.6 Å². The van der Waals surface area contributed by atoms with E-state index in [1.165, 1.54) is 0 Å². The van der Waals surface area contributed by atoms with Crippen molar-refractivity contribution in [2.45, 2.75) is 51.6 Å². The lowest BCUT2D eigenvalue weighted by molar-refractivity contribution is 0.0969. The van der Waals surface area contributed by atoms with Gasteiger partial charge in [0, 0.05) is 25.3 Å². The van der Waals surface area contributed by atoms with Crippen molar-refractivity contribution < 1.29 is 14.3 Å². The molecule has 0 bridgehead atoms. The molecule has 7 nitrogen and oxygen atoms in total. The molecule has 1 fully saturated rings. The maximum Gasteiger partial charge on any atom is 0.250 e. The van der Waals surface area contributed by atoms with E-state index in [1.54, 1.807) is 6.07 Å². The maximum atomic E-state index is 12.4. The highest BCUT2D eigenvalue weighted by atomic mass is 16.5. The third-order valence-corrected chi connectivity index (χ3v) is 5.54. The number of hydrogen-bond acceptors (Lipinski definition) is 5. The summed E-state index contributed by atoms with van der Waals surface area (Å²) in [7, 11) is 0. The van der Waals surface area contributed by atoms with E-state index in [2.05, 4.69) is 5.32 Å². The number of aromatic nitrogens is 2. The average Bonchev–Trinajstić information content (AvgIpc) is 3.34. The number of Topliss-reactive ketones (excluding diaryl/α,β-unsaturated/α-hetero) is 1. The van der Waals surface area contributed by atoms with Crippen molar-refractivity contribution in [1.82, 2.24) is 9.78 Å². The third-order valence-electron chi connectivity index (χ3n) is 5.54. The molecule has 1 aliphatic carbocycles. The molecule has 4 rings (SSSR count). The zero-order valence-electron chi connectivity index (χ0n) is 16.2. The minimum Gasteiger partial charge on any atom is -0.382 e. The second-order valence-corrected chi connectivity index (χ2v) is 7.42. The van der Waals surface area contributed by atoms with Crippen molar-refractivity contribution in [2.75, 3.05) is 18.5 Å². The van der Waals surface area contributed by atoms with E-state index in [-0.39, 0.29) is 11.9 Å². The van der Waals surface area contributed by atoms with Gasteiger partial charge in [0.1, 0.15) is 0 Å². The normalized spacial score (nSPS) is 18.9. The van der Waals surface area contributed by atoms with Gasteiger partial charge in [-0.1, -0.05) is 6.92 Å². The first kappa shape index (κ1) is 18.7. The number of aryl methyl sites for hydroxylation is 1. The number of benzene rings is 1. The van der Waals surface area contributed by atoms with Gasteiger partial charge in [0.25, 0.3) is 5.91 Å². The maximum absolute atomic E-state index is 12.4. The van der Waals surface area contributed by atoms with E-state index >= 15 is 0 Å². The van der Waals surface area contributed by atoms with Gasteiger partial charge in [0.2, 0.25) is 0 Å². The minimum absolute atomic E-state index is 0.145. The van der Waals surface area contributed by atoms with Crippen molar-refractivity contribution in [3.63, 3.8) is 0 Å². The molecule has 1 amide bonds. The molecule has 1 aromatic heterocycles. The number of nitrogens with zero attached hydrogens (tertiary/aromatic N) is 2. The number of anilines is 1. The largest absolute Gasteiger partial charge is 0.382 e. The van der Waals surface area contributed by atoms with Crippen molar-refractivity contribution in [3.05, 3.63) is 40.7 Å². The summed E-state index contributed by atoms with van der Waals surface area (Å²) in [5.41, 5.74) is 10.1. The molecule has 2 aromatic rings. The zero-order chi connectivity index (χ0) is 19.7. The highest BCUT2D eigenvalue weighted by Gasteiger charge is 2.27. The molecular weight excluding hydrogens is 356 g/mol. The first-order valence-electron chi connectivity index (χ1n) is 10.0. The molecule has 1 unspecified atom stereocenters. The molecule has 2 aliphatic rings. The van der Waals surface area contributed by atoms with Gasteiger partial charge >= 0.3 is 0 Å². The van der Waals surface area contributed by atoms with Crippen LogP contribution in [0.5, 0.6) is 0 Å². The quantitative estimate of drug-likeness (QED) is 0.800. The van der Waals surface area contributed by atoms with Crippen LogP contribution in [0.15, 0.2) is 18.2 Å². The molecule has 1 aliphatic heterocycles. The smallest absolute Gasteiger partial charge is 0.250 e. The predicted molar refractivity (Wildman–Crippen MR) is 106 cm³/mol. The van der Waals surface area contributed by atoms with Crippen LogP contribution in [0, 0.1) is 0 Å². The van der Waals surface area contributed by atoms with Crippen LogP contribution in [0.25, 0.3) is 5.69 Å². The van der Waals surface area contributed by atoms with Crippen LogP contribution in [0.2, 0.25) is 0 Å². The summed E-state index contributed by atoms with van der Waals surface area (Å²) >= 11 is 0. The Morgan fingerprint density at radius 3 is 2.93 bits per heavy atom. The summed E-state index contributed by atoms with van der Waals surface area (Å²) in [5.74, 6) is -0.303. The molecule has 28 heavy (non-hydrogen) atoms. The van der Waals surface area contributed by atoms with Gasteiger partial charge in [-0.05, 0) is 50.3 Å². The molecule has 1 saturated heterocycles. The number of ether oxygens (including phenoxy) is 1. The second kappa shape index (κ2) is 7.75. The van der Waals surface area contributed by atoms with Crippen LogP contribution in [0.1, 0.15) is 64.7 Å². The average molecular weight is 382 g/mol. The van der Waals surface area contributed by atoms with Gasteiger partial charge in [0.05, 0.1) is 34.3 Å². The molecule has 1 aromatic carbocycles. The Kier molecular flexibility index (Phi) is 5.17. The van der Waals surface area contributed by atoms with E-state index < -0.39 is 5.91 Å². The molecular formula is C21H26N4O3. The molecule has 0 saturated carbocycles. The lowest BCUT2D eigenvalue weighted by Crippen LogP contribution is -2.21. The highest BCUT2D eigenvalue weighted by Crippen LogP contribution is 2.29. The Morgan fingerprint density at radius 1 is 1.36 bits per heavy atom. The van der Waals surface area contributed by atoms with Crippen molar-refractivity contribution in [3.8, 4) is 5.69 Å². The van der Waals surface area contributed by atoms with E-state index in [4.69, 9.17) is 15.6 Å². The molecule has 0 spiro atoms. The van der Waals surface area contributed by atoms with Gasteiger partial charge in [0.15, 0.2) is 5.78 Å². The highest BCUT2D eigenvalue weighted by molar-refractivity contribution is 6.00. The fourth-order valence-electron chi connectivity index (χ4n) is 4.11. The summed E-state index contributed by atoms with van der Waals surface area (Å²) in [6, 6.07) is 5.45. The van der Waals surface area contributed by atoms with E-state index in [0.29, 0.717) is 30.6 Å². The monoisotopic (exact) mass is 382 g/mol. The number of nitrogens with one attached hydrogen (secondary N) is 1. The summed E-state index contributed by atoms with van der Waals surface area (Å²) in [4.78, 5) is 24.3. The third kappa shape index (κ3) is 3.42. The van der Waals surface area contributed by atoms with Crippen LogP contribution in [0.3, 0.4) is 0 Å². The SMILES string of the molecule is CCc1nn(-c2ccc(C(N)=O)c(NCC3CCCO3)c2)c2c1C(=O)CCC2. The van der Waals surface area contributed by atoms with Gasteiger partial charge in [-0.3, -0.25) is 9.59 Å². The van der Waals surface area contributed by atoms with E-state index in [1.807, 2.05) is 23.7 Å². The van der Waals surface area contributed by atoms with Gasteiger partial charge in [-0.15, -0.1) is 0 Å². The lowest BCUT2D eigenvalue weighted by Gasteiger charge is -2.17. The number of rotatable bonds is 6. The molecule has 1 atom stereocenters. The van der Waals surface area contributed by atoms with E-state index in [0.717, 1.165) is 54.9 Å².